The molecular formula is C11H14N4S. The molecular weight excluding hydrogens is 220 g/mol. The number of aryl methyl sites for hydroxylation is 3. The quantitative estimate of drug-likeness (QED) is 0.764. The van der Waals surface area contributed by atoms with E-state index >= 15 is 0 Å². The molecule has 0 saturated heterocycles. The summed E-state index contributed by atoms with van der Waals surface area (Å²) in [5, 5.41) is 1.90. The van der Waals surface area contributed by atoms with Gasteiger partial charge in [0.1, 0.15) is 10.9 Å². The highest BCUT2D eigenvalue weighted by molar-refractivity contribution is 7.99. The molecule has 0 unspecified atom stereocenters. The molecule has 0 amide bonds. The van der Waals surface area contributed by atoms with Crippen LogP contribution < -0.4 is 0 Å². The van der Waals surface area contributed by atoms with Gasteiger partial charge in [-0.2, -0.15) is 0 Å². The molecule has 5 heteroatoms. The predicted octanol–water partition coefficient (Wildman–Crippen LogP) is 2.23. The van der Waals surface area contributed by atoms with E-state index < -0.39 is 0 Å². The van der Waals surface area contributed by atoms with Gasteiger partial charge in [0.2, 0.25) is 0 Å². The van der Waals surface area contributed by atoms with Crippen molar-refractivity contribution in [2.24, 2.45) is 7.05 Å². The van der Waals surface area contributed by atoms with Crippen molar-refractivity contribution in [2.75, 3.05) is 0 Å². The van der Waals surface area contributed by atoms with Gasteiger partial charge in [-0.3, -0.25) is 0 Å². The highest BCUT2D eigenvalue weighted by atomic mass is 32.2. The second kappa shape index (κ2) is 4.65. The molecule has 2 aromatic heterocycles. The van der Waals surface area contributed by atoms with Crippen LogP contribution in [0.3, 0.4) is 0 Å². The molecule has 0 aliphatic heterocycles. The largest absolute Gasteiger partial charge is 0.329 e. The molecule has 0 saturated carbocycles. The summed E-state index contributed by atoms with van der Waals surface area (Å²) in [6.07, 6.45) is 4.57. The summed E-state index contributed by atoms with van der Waals surface area (Å²) >= 11 is 1.57. The third-order valence-electron chi connectivity index (χ3n) is 2.17. The maximum absolute atomic E-state index is 4.47. The maximum atomic E-state index is 4.47. The van der Waals surface area contributed by atoms with Gasteiger partial charge in [-0.15, -0.1) is 0 Å². The Morgan fingerprint density at radius 1 is 1.38 bits per heavy atom. The van der Waals surface area contributed by atoms with Crippen molar-refractivity contribution < 1.29 is 0 Å². The predicted molar refractivity (Wildman–Crippen MR) is 63.5 cm³/mol. The fraction of sp³-hybridized carbons (Fsp3) is 0.364. The molecule has 0 bridgehead atoms. The number of rotatable bonds is 3. The third kappa shape index (κ3) is 2.41. The minimum absolute atomic E-state index is 0.857. The number of hydrogen-bond donors (Lipinski definition) is 0. The first kappa shape index (κ1) is 11.1. The van der Waals surface area contributed by atoms with E-state index in [1.807, 2.05) is 30.8 Å². The molecule has 2 heterocycles. The molecule has 0 fully saturated rings. The Morgan fingerprint density at radius 3 is 2.81 bits per heavy atom. The summed E-state index contributed by atoms with van der Waals surface area (Å²) in [5.74, 6) is 0.886. The molecule has 0 aliphatic carbocycles. The van der Waals surface area contributed by atoms with Crippen LogP contribution in [0.15, 0.2) is 28.6 Å². The van der Waals surface area contributed by atoms with E-state index in [9.17, 15) is 0 Å². The van der Waals surface area contributed by atoms with Crippen LogP contribution in [-0.2, 0) is 13.5 Å². The Bertz CT molecular complexity index is 492. The first-order valence-corrected chi connectivity index (χ1v) is 6.00. The lowest BCUT2D eigenvalue weighted by Gasteiger charge is -2.04. The molecule has 0 radical (unpaired) electrons. The zero-order valence-electron chi connectivity index (χ0n) is 9.64. The van der Waals surface area contributed by atoms with Gasteiger partial charge in [0, 0.05) is 31.6 Å². The van der Waals surface area contributed by atoms with Crippen molar-refractivity contribution in [3.8, 4) is 0 Å². The highest BCUT2D eigenvalue weighted by Gasteiger charge is 2.06. The zero-order chi connectivity index (χ0) is 11.5. The summed E-state index contributed by atoms with van der Waals surface area (Å²) < 4.78 is 1.98. The Balaban J connectivity index is 2.28. The van der Waals surface area contributed by atoms with E-state index in [4.69, 9.17) is 0 Å². The molecule has 0 N–H and O–H groups in total. The average Bonchev–Trinajstić information content (AvgIpc) is 2.63. The normalized spacial score (nSPS) is 10.7. The summed E-state index contributed by atoms with van der Waals surface area (Å²) in [4.78, 5) is 13.1. The van der Waals surface area contributed by atoms with Crippen LogP contribution in [0, 0.1) is 6.92 Å². The first-order valence-electron chi connectivity index (χ1n) is 5.18. The van der Waals surface area contributed by atoms with Crippen LogP contribution in [0.5, 0.6) is 0 Å². The molecule has 2 aromatic rings. The van der Waals surface area contributed by atoms with Gasteiger partial charge >= 0.3 is 0 Å². The third-order valence-corrected chi connectivity index (χ3v) is 3.16. The molecule has 2 rings (SSSR count). The van der Waals surface area contributed by atoms with E-state index in [0.29, 0.717) is 0 Å². The second-order valence-corrected chi connectivity index (χ2v) is 4.53. The minimum Gasteiger partial charge on any atom is -0.329 e. The van der Waals surface area contributed by atoms with Crippen LogP contribution in [0.1, 0.15) is 18.4 Å². The molecule has 0 atom stereocenters. The molecule has 0 aliphatic rings. The Hall–Kier alpha value is -1.36. The van der Waals surface area contributed by atoms with E-state index in [1.165, 1.54) is 0 Å². The van der Waals surface area contributed by atoms with Gasteiger partial charge in [0.25, 0.3) is 0 Å². The zero-order valence-corrected chi connectivity index (χ0v) is 10.5. The van der Waals surface area contributed by atoms with Gasteiger partial charge in [0.05, 0.1) is 0 Å². The molecule has 16 heavy (non-hydrogen) atoms. The average molecular weight is 234 g/mol. The number of imidazole rings is 1. The molecule has 0 spiro atoms. The maximum Gasteiger partial charge on any atom is 0.174 e. The minimum atomic E-state index is 0.857. The number of aromatic nitrogens is 4. The summed E-state index contributed by atoms with van der Waals surface area (Å²) in [6, 6.07) is 1.98. The molecule has 84 valence electrons. The van der Waals surface area contributed by atoms with Gasteiger partial charge < -0.3 is 4.57 Å². The monoisotopic (exact) mass is 234 g/mol. The molecule has 0 aromatic carbocycles. The topological polar surface area (TPSA) is 43.6 Å². The van der Waals surface area contributed by atoms with E-state index in [-0.39, 0.29) is 0 Å². The van der Waals surface area contributed by atoms with Crippen LogP contribution >= 0.6 is 11.8 Å². The molecule has 4 nitrogen and oxygen atoms in total. The Morgan fingerprint density at radius 2 is 2.19 bits per heavy atom. The fourth-order valence-electron chi connectivity index (χ4n) is 1.35. The lowest BCUT2D eigenvalue weighted by molar-refractivity contribution is 0.785. The van der Waals surface area contributed by atoms with Crippen molar-refractivity contribution in [3.63, 3.8) is 0 Å². The standard InChI is InChI=1S/C11H14N4S/c1-4-9-13-8(2)7-10(14-9)16-11-12-5-6-15(11)3/h5-7H,4H2,1-3H3. The SMILES string of the molecule is CCc1nc(C)cc(Sc2nccn2C)n1. The van der Waals surface area contributed by atoms with Crippen LogP contribution in [0.25, 0.3) is 0 Å². The summed E-state index contributed by atoms with van der Waals surface area (Å²) in [5.41, 5.74) is 1.00. The summed E-state index contributed by atoms with van der Waals surface area (Å²) in [7, 11) is 1.98. The Kier molecular flexibility index (Phi) is 3.24. The smallest absolute Gasteiger partial charge is 0.174 e. The van der Waals surface area contributed by atoms with E-state index in [2.05, 4.69) is 21.9 Å². The lowest BCUT2D eigenvalue weighted by Crippen LogP contribution is -1.97. The highest BCUT2D eigenvalue weighted by Crippen LogP contribution is 2.24. The fourth-order valence-corrected chi connectivity index (χ4v) is 2.24. The Labute approximate surface area is 99.1 Å². The lowest BCUT2D eigenvalue weighted by atomic mass is 10.4. The summed E-state index contributed by atoms with van der Waals surface area (Å²) in [6.45, 7) is 4.05. The second-order valence-electron chi connectivity index (χ2n) is 3.54. The van der Waals surface area contributed by atoms with Gasteiger partial charge in [0.15, 0.2) is 5.16 Å². The van der Waals surface area contributed by atoms with Crippen molar-refractivity contribution in [3.05, 3.63) is 30.0 Å². The number of nitrogens with zero attached hydrogens (tertiary/aromatic N) is 4. The first-order chi connectivity index (χ1) is 7.69. The van der Waals surface area contributed by atoms with Gasteiger partial charge in [-0.25, -0.2) is 15.0 Å². The van der Waals surface area contributed by atoms with E-state index in [1.54, 1.807) is 18.0 Å². The van der Waals surface area contributed by atoms with Crippen molar-refractivity contribution >= 4 is 11.8 Å². The van der Waals surface area contributed by atoms with Crippen molar-refractivity contribution in [2.45, 2.75) is 30.5 Å². The van der Waals surface area contributed by atoms with Crippen LogP contribution in [0.2, 0.25) is 0 Å². The van der Waals surface area contributed by atoms with Crippen molar-refractivity contribution in [1.82, 2.24) is 19.5 Å². The number of hydrogen-bond acceptors (Lipinski definition) is 4. The van der Waals surface area contributed by atoms with E-state index in [0.717, 1.165) is 28.1 Å². The van der Waals surface area contributed by atoms with Crippen molar-refractivity contribution in [1.29, 1.82) is 0 Å². The van der Waals surface area contributed by atoms with Crippen LogP contribution in [-0.4, -0.2) is 19.5 Å². The van der Waals surface area contributed by atoms with Gasteiger partial charge in [-0.05, 0) is 24.8 Å². The van der Waals surface area contributed by atoms with Crippen LogP contribution in [0.4, 0.5) is 0 Å². The van der Waals surface area contributed by atoms with Gasteiger partial charge in [-0.1, -0.05) is 6.92 Å².